The zero-order valence-corrected chi connectivity index (χ0v) is 10.0. The second-order valence-electron chi connectivity index (χ2n) is 4.13. The summed E-state index contributed by atoms with van der Waals surface area (Å²) in [6, 6.07) is 10.6. The van der Waals surface area contributed by atoms with Gasteiger partial charge >= 0.3 is 0 Å². The smallest absolute Gasteiger partial charge is 0.184 e. The summed E-state index contributed by atoms with van der Waals surface area (Å²) < 4.78 is 2.09. The highest BCUT2D eigenvalue weighted by molar-refractivity contribution is 5.79. The standard InChI is InChI=1S/C15H18N/c1-4-15-12(2)14(10-11-16(15)3)13-8-6-5-7-9-13/h5-10H,3-4,11H2,1-2H3/q+1. The molecule has 1 aromatic carbocycles. The molecule has 0 spiro atoms. The molecule has 0 radical (unpaired) electrons. The van der Waals surface area contributed by atoms with Crippen molar-refractivity contribution in [2.24, 2.45) is 0 Å². The van der Waals surface area contributed by atoms with Gasteiger partial charge in [0.25, 0.3) is 0 Å². The van der Waals surface area contributed by atoms with Gasteiger partial charge in [0.05, 0.1) is 0 Å². The van der Waals surface area contributed by atoms with Gasteiger partial charge in [0.1, 0.15) is 6.72 Å². The second-order valence-corrected chi connectivity index (χ2v) is 4.13. The van der Waals surface area contributed by atoms with Crippen LogP contribution < -0.4 is 0 Å². The van der Waals surface area contributed by atoms with Crippen molar-refractivity contribution in [1.82, 2.24) is 0 Å². The van der Waals surface area contributed by atoms with E-state index in [4.69, 9.17) is 0 Å². The highest BCUT2D eigenvalue weighted by Crippen LogP contribution is 2.29. The first kappa shape index (κ1) is 10.9. The molecule has 1 heteroatoms. The summed E-state index contributed by atoms with van der Waals surface area (Å²) in [5, 5.41) is 0. The lowest BCUT2D eigenvalue weighted by molar-refractivity contribution is -0.461. The molecule has 0 saturated carbocycles. The Hall–Kier alpha value is -1.63. The molecule has 1 aliphatic heterocycles. The maximum absolute atomic E-state index is 4.06. The lowest BCUT2D eigenvalue weighted by atomic mass is 9.94. The van der Waals surface area contributed by atoms with E-state index in [0.29, 0.717) is 0 Å². The van der Waals surface area contributed by atoms with Crippen LogP contribution in [-0.4, -0.2) is 17.8 Å². The molecule has 0 atom stereocenters. The summed E-state index contributed by atoms with van der Waals surface area (Å²) in [6.07, 6.45) is 3.30. The molecule has 82 valence electrons. The molecule has 0 bridgehead atoms. The van der Waals surface area contributed by atoms with Crippen molar-refractivity contribution in [3.05, 3.63) is 53.2 Å². The highest BCUT2D eigenvalue weighted by atomic mass is 15.0. The lowest BCUT2D eigenvalue weighted by Gasteiger charge is -2.16. The normalized spacial score (nSPS) is 16.4. The molecule has 0 amide bonds. The molecule has 2 rings (SSSR count). The number of hydrogen-bond acceptors (Lipinski definition) is 0. The molecule has 16 heavy (non-hydrogen) atoms. The van der Waals surface area contributed by atoms with Gasteiger partial charge in [0.15, 0.2) is 12.2 Å². The zero-order chi connectivity index (χ0) is 11.5. The fourth-order valence-corrected chi connectivity index (χ4v) is 2.30. The monoisotopic (exact) mass is 212 g/mol. The predicted molar refractivity (Wildman–Crippen MR) is 69.7 cm³/mol. The maximum Gasteiger partial charge on any atom is 0.184 e. The summed E-state index contributed by atoms with van der Waals surface area (Å²) in [4.78, 5) is 0. The van der Waals surface area contributed by atoms with Crippen LogP contribution in [0.1, 0.15) is 25.8 Å². The van der Waals surface area contributed by atoms with Crippen LogP contribution in [0.4, 0.5) is 0 Å². The molecule has 1 nitrogen and oxygen atoms in total. The molecule has 1 aliphatic rings. The average molecular weight is 212 g/mol. The molecular weight excluding hydrogens is 194 g/mol. The Morgan fingerprint density at radius 2 is 1.94 bits per heavy atom. The Kier molecular flexibility index (Phi) is 3.04. The minimum atomic E-state index is 0.907. The summed E-state index contributed by atoms with van der Waals surface area (Å²) in [7, 11) is 0. The van der Waals surface area contributed by atoms with Crippen LogP contribution in [-0.2, 0) is 0 Å². The Bertz CT molecular complexity index is 463. The third-order valence-corrected chi connectivity index (χ3v) is 3.15. The molecule has 0 aliphatic carbocycles. The molecule has 0 fully saturated rings. The van der Waals surface area contributed by atoms with Gasteiger partial charge in [-0.05, 0) is 24.1 Å². The van der Waals surface area contributed by atoms with Crippen molar-refractivity contribution in [2.45, 2.75) is 20.3 Å². The van der Waals surface area contributed by atoms with Gasteiger partial charge in [-0.2, -0.15) is 0 Å². The fourth-order valence-electron chi connectivity index (χ4n) is 2.30. The van der Waals surface area contributed by atoms with Crippen molar-refractivity contribution in [2.75, 3.05) is 6.54 Å². The Labute approximate surface area is 97.4 Å². The first-order chi connectivity index (χ1) is 7.74. The first-order valence-corrected chi connectivity index (χ1v) is 5.77. The van der Waals surface area contributed by atoms with E-state index >= 15 is 0 Å². The van der Waals surface area contributed by atoms with Crippen molar-refractivity contribution in [3.63, 3.8) is 0 Å². The summed E-state index contributed by atoms with van der Waals surface area (Å²) >= 11 is 0. The average Bonchev–Trinajstić information content (AvgIpc) is 2.31. The lowest BCUT2D eigenvalue weighted by Crippen LogP contribution is -2.15. The third-order valence-electron chi connectivity index (χ3n) is 3.15. The van der Waals surface area contributed by atoms with Crippen molar-refractivity contribution < 1.29 is 4.58 Å². The predicted octanol–water partition coefficient (Wildman–Crippen LogP) is 3.48. The topological polar surface area (TPSA) is 3.01 Å². The minimum Gasteiger partial charge on any atom is -0.205 e. The third kappa shape index (κ3) is 1.85. The van der Waals surface area contributed by atoms with E-state index in [1.165, 1.54) is 22.4 Å². The van der Waals surface area contributed by atoms with Gasteiger partial charge in [0.2, 0.25) is 0 Å². The van der Waals surface area contributed by atoms with Crippen LogP contribution in [0.25, 0.3) is 5.57 Å². The van der Waals surface area contributed by atoms with Crippen molar-refractivity contribution in [1.29, 1.82) is 0 Å². The van der Waals surface area contributed by atoms with Gasteiger partial charge < -0.3 is 0 Å². The van der Waals surface area contributed by atoms with Crippen molar-refractivity contribution in [3.8, 4) is 0 Å². The number of rotatable bonds is 2. The van der Waals surface area contributed by atoms with E-state index in [0.717, 1.165) is 13.0 Å². The molecule has 1 heterocycles. The van der Waals surface area contributed by atoms with Crippen LogP contribution in [0, 0.1) is 0 Å². The Morgan fingerprint density at radius 1 is 1.25 bits per heavy atom. The van der Waals surface area contributed by atoms with Crippen LogP contribution in [0.2, 0.25) is 0 Å². The molecular formula is C15H18N+. The number of nitrogens with zero attached hydrogens (tertiary/aromatic N) is 1. The van der Waals surface area contributed by atoms with Gasteiger partial charge in [0, 0.05) is 12.0 Å². The van der Waals surface area contributed by atoms with Crippen LogP contribution in [0.3, 0.4) is 0 Å². The van der Waals surface area contributed by atoms with E-state index in [2.05, 4.69) is 61.5 Å². The Morgan fingerprint density at radius 3 is 2.56 bits per heavy atom. The molecule has 1 aromatic rings. The van der Waals surface area contributed by atoms with Gasteiger partial charge in [-0.1, -0.05) is 37.3 Å². The van der Waals surface area contributed by atoms with E-state index in [-0.39, 0.29) is 0 Å². The summed E-state index contributed by atoms with van der Waals surface area (Å²) in [6.45, 7) is 9.34. The van der Waals surface area contributed by atoms with Crippen LogP contribution in [0.15, 0.2) is 47.7 Å². The number of allylic oxidation sites excluding steroid dienone is 3. The summed E-state index contributed by atoms with van der Waals surface area (Å²) in [5.74, 6) is 0. The quantitative estimate of drug-likeness (QED) is 0.660. The van der Waals surface area contributed by atoms with E-state index < -0.39 is 0 Å². The zero-order valence-electron chi connectivity index (χ0n) is 10.0. The SMILES string of the molecule is C=[N+]1CC=C(c2ccccc2)C(C)=C1CC. The fraction of sp³-hybridized carbons (Fsp3) is 0.267. The van der Waals surface area contributed by atoms with Gasteiger partial charge in [-0.15, -0.1) is 0 Å². The van der Waals surface area contributed by atoms with E-state index in [1.54, 1.807) is 0 Å². The highest BCUT2D eigenvalue weighted by Gasteiger charge is 2.20. The van der Waals surface area contributed by atoms with Crippen molar-refractivity contribution >= 4 is 12.3 Å². The minimum absolute atomic E-state index is 0.907. The number of benzene rings is 1. The van der Waals surface area contributed by atoms with Gasteiger partial charge in [-0.3, -0.25) is 0 Å². The first-order valence-electron chi connectivity index (χ1n) is 5.77. The van der Waals surface area contributed by atoms with E-state index in [9.17, 15) is 0 Å². The van der Waals surface area contributed by atoms with Crippen LogP contribution >= 0.6 is 0 Å². The molecule has 0 saturated heterocycles. The second kappa shape index (κ2) is 4.48. The van der Waals surface area contributed by atoms with Crippen LogP contribution in [0.5, 0.6) is 0 Å². The van der Waals surface area contributed by atoms with E-state index in [1.807, 2.05) is 0 Å². The van der Waals surface area contributed by atoms with Gasteiger partial charge in [-0.25, -0.2) is 4.58 Å². The molecule has 0 unspecified atom stereocenters. The number of hydrogen-bond donors (Lipinski definition) is 0. The molecule has 0 N–H and O–H groups in total. The Balaban J connectivity index is 2.45. The largest absolute Gasteiger partial charge is 0.205 e. The maximum atomic E-state index is 4.06. The summed E-state index contributed by atoms with van der Waals surface area (Å²) in [5.41, 5.74) is 5.37. The molecule has 0 aromatic heterocycles.